The fraction of sp³-hybridized carbons (Fsp3) is 0.571. The van der Waals surface area contributed by atoms with Gasteiger partial charge in [-0.25, -0.2) is 0 Å². The molecule has 3 nitrogen and oxygen atoms in total. The van der Waals surface area contributed by atoms with Gasteiger partial charge in [0, 0.05) is 18.2 Å². The second kappa shape index (κ2) is 6.62. The van der Waals surface area contributed by atoms with E-state index in [-0.39, 0.29) is 6.04 Å². The number of rotatable bonds is 6. The van der Waals surface area contributed by atoms with E-state index in [0.717, 1.165) is 18.8 Å². The molecule has 0 aliphatic rings. The van der Waals surface area contributed by atoms with Gasteiger partial charge in [0.1, 0.15) is 5.75 Å². The van der Waals surface area contributed by atoms with Gasteiger partial charge in [-0.15, -0.1) is 0 Å². The maximum Gasteiger partial charge on any atom is 0.124 e. The predicted octanol–water partition coefficient (Wildman–Crippen LogP) is 2.18. The Bertz CT molecular complexity index is 363. The summed E-state index contributed by atoms with van der Waals surface area (Å²) in [4.78, 5) is 0. The number of hydrogen-bond donors (Lipinski definition) is 2. The van der Waals surface area contributed by atoms with Crippen LogP contribution < -0.4 is 15.4 Å². The molecular weight excluding hydrogens is 212 g/mol. The largest absolute Gasteiger partial charge is 0.496 e. The van der Waals surface area contributed by atoms with Crippen molar-refractivity contribution < 1.29 is 4.74 Å². The minimum Gasteiger partial charge on any atom is -0.496 e. The average Bonchev–Trinajstić information content (AvgIpc) is 2.31. The molecule has 0 aliphatic carbocycles. The topological polar surface area (TPSA) is 33.3 Å². The number of likely N-dealkylation sites (N-methyl/N-ethyl adjacent to an activating group) is 2. The fourth-order valence-corrected chi connectivity index (χ4v) is 2.19. The lowest BCUT2D eigenvalue weighted by Crippen LogP contribution is -2.30. The Morgan fingerprint density at radius 2 is 2.00 bits per heavy atom. The standard InChI is InChI=1S/C14H24N2O/c1-6-16-9-12(15-4)14-11(3)7-10(2)8-13(14)17-5/h7-8,12,15-16H,6,9H2,1-5H3. The van der Waals surface area contributed by atoms with Crippen LogP contribution in [-0.4, -0.2) is 27.2 Å². The summed E-state index contributed by atoms with van der Waals surface area (Å²) in [6.45, 7) is 8.24. The van der Waals surface area contributed by atoms with E-state index in [9.17, 15) is 0 Å². The van der Waals surface area contributed by atoms with Crippen LogP contribution >= 0.6 is 0 Å². The van der Waals surface area contributed by atoms with Gasteiger partial charge in [0.25, 0.3) is 0 Å². The zero-order valence-electron chi connectivity index (χ0n) is 11.6. The van der Waals surface area contributed by atoms with E-state index < -0.39 is 0 Å². The molecule has 17 heavy (non-hydrogen) atoms. The molecule has 1 rings (SSSR count). The Morgan fingerprint density at radius 1 is 1.29 bits per heavy atom. The molecule has 0 saturated carbocycles. The minimum atomic E-state index is 0.283. The monoisotopic (exact) mass is 236 g/mol. The van der Waals surface area contributed by atoms with Gasteiger partial charge in [0.15, 0.2) is 0 Å². The highest BCUT2D eigenvalue weighted by molar-refractivity contribution is 5.45. The van der Waals surface area contributed by atoms with Crippen LogP contribution in [0.3, 0.4) is 0 Å². The molecule has 1 unspecified atom stereocenters. The molecule has 1 atom stereocenters. The van der Waals surface area contributed by atoms with Gasteiger partial charge in [-0.05, 0) is 44.6 Å². The Balaban J connectivity index is 3.08. The quantitative estimate of drug-likeness (QED) is 0.794. The van der Waals surface area contributed by atoms with Crippen molar-refractivity contribution in [3.8, 4) is 5.75 Å². The molecule has 3 heteroatoms. The molecule has 1 aromatic carbocycles. The lowest BCUT2D eigenvalue weighted by atomic mass is 9.97. The first-order chi connectivity index (χ1) is 8.13. The zero-order chi connectivity index (χ0) is 12.8. The van der Waals surface area contributed by atoms with Crippen LogP contribution in [0.1, 0.15) is 29.7 Å². The molecule has 96 valence electrons. The highest BCUT2D eigenvalue weighted by atomic mass is 16.5. The molecule has 0 radical (unpaired) electrons. The van der Waals surface area contributed by atoms with Crippen molar-refractivity contribution in [2.45, 2.75) is 26.8 Å². The van der Waals surface area contributed by atoms with Crippen molar-refractivity contribution in [3.05, 3.63) is 28.8 Å². The first-order valence-electron chi connectivity index (χ1n) is 6.17. The van der Waals surface area contributed by atoms with Gasteiger partial charge in [0.05, 0.1) is 7.11 Å². The highest BCUT2D eigenvalue weighted by Gasteiger charge is 2.16. The van der Waals surface area contributed by atoms with Gasteiger partial charge < -0.3 is 15.4 Å². The summed E-state index contributed by atoms with van der Waals surface area (Å²) < 4.78 is 5.50. The molecule has 0 amide bonds. The average molecular weight is 236 g/mol. The zero-order valence-corrected chi connectivity index (χ0v) is 11.6. The van der Waals surface area contributed by atoms with Crippen molar-refractivity contribution in [2.24, 2.45) is 0 Å². The van der Waals surface area contributed by atoms with Gasteiger partial charge in [-0.3, -0.25) is 0 Å². The van der Waals surface area contributed by atoms with Crippen molar-refractivity contribution >= 4 is 0 Å². The summed E-state index contributed by atoms with van der Waals surface area (Å²) in [5.74, 6) is 0.972. The van der Waals surface area contributed by atoms with E-state index in [1.165, 1.54) is 16.7 Å². The van der Waals surface area contributed by atoms with Gasteiger partial charge in [0.2, 0.25) is 0 Å². The lowest BCUT2D eigenvalue weighted by molar-refractivity contribution is 0.398. The molecule has 0 aliphatic heterocycles. The van der Waals surface area contributed by atoms with Gasteiger partial charge >= 0.3 is 0 Å². The smallest absolute Gasteiger partial charge is 0.124 e. The van der Waals surface area contributed by atoms with E-state index in [1.807, 2.05) is 7.05 Å². The summed E-state index contributed by atoms with van der Waals surface area (Å²) in [6.07, 6.45) is 0. The van der Waals surface area contributed by atoms with Crippen molar-refractivity contribution in [3.63, 3.8) is 0 Å². The summed E-state index contributed by atoms with van der Waals surface area (Å²) in [5, 5.41) is 6.72. The molecule has 0 fully saturated rings. The summed E-state index contributed by atoms with van der Waals surface area (Å²) in [7, 11) is 3.72. The Kier molecular flexibility index (Phi) is 5.45. The Hall–Kier alpha value is -1.06. The number of aryl methyl sites for hydroxylation is 2. The van der Waals surface area contributed by atoms with Crippen LogP contribution in [-0.2, 0) is 0 Å². The number of nitrogens with one attached hydrogen (secondary N) is 2. The minimum absolute atomic E-state index is 0.283. The molecule has 1 aromatic rings. The molecule has 0 heterocycles. The number of ether oxygens (including phenoxy) is 1. The fourth-order valence-electron chi connectivity index (χ4n) is 2.19. The predicted molar refractivity (Wildman–Crippen MR) is 72.8 cm³/mol. The van der Waals surface area contributed by atoms with Gasteiger partial charge in [-0.2, -0.15) is 0 Å². The third-order valence-corrected chi connectivity index (χ3v) is 3.01. The van der Waals surface area contributed by atoms with Crippen LogP contribution in [0.15, 0.2) is 12.1 Å². The van der Waals surface area contributed by atoms with Crippen LogP contribution in [0.4, 0.5) is 0 Å². The van der Waals surface area contributed by atoms with E-state index in [4.69, 9.17) is 4.74 Å². The maximum absolute atomic E-state index is 5.50. The first kappa shape index (κ1) is 14.0. The van der Waals surface area contributed by atoms with Gasteiger partial charge in [-0.1, -0.05) is 13.0 Å². The van der Waals surface area contributed by atoms with E-state index >= 15 is 0 Å². The number of benzene rings is 1. The molecule has 0 spiro atoms. The molecule has 2 N–H and O–H groups in total. The van der Waals surface area contributed by atoms with Crippen molar-refractivity contribution in [1.82, 2.24) is 10.6 Å². The summed E-state index contributed by atoms with van der Waals surface area (Å²) in [5.41, 5.74) is 3.77. The summed E-state index contributed by atoms with van der Waals surface area (Å²) in [6, 6.07) is 4.58. The first-order valence-corrected chi connectivity index (χ1v) is 6.17. The molecule has 0 aromatic heterocycles. The number of hydrogen-bond acceptors (Lipinski definition) is 3. The SMILES string of the molecule is CCNCC(NC)c1c(C)cc(C)cc1OC. The van der Waals surface area contributed by atoms with Crippen molar-refractivity contribution in [1.29, 1.82) is 0 Å². The maximum atomic E-state index is 5.50. The second-order valence-corrected chi connectivity index (χ2v) is 4.35. The van der Waals surface area contributed by atoms with Crippen LogP contribution in [0.5, 0.6) is 5.75 Å². The molecule has 0 saturated heterocycles. The second-order valence-electron chi connectivity index (χ2n) is 4.35. The lowest BCUT2D eigenvalue weighted by Gasteiger charge is -2.22. The molecular formula is C14H24N2O. The van der Waals surface area contributed by atoms with Crippen LogP contribution in [0.25, 0.3) is 0 Å². The third kappa shape index (κ3) is 3.45. The van der Waals surface area contributed by atoms with E-state index in [1.54, 1.807) is 7.11 Å². The molecule has 0 bridgehead atoms. The normalized spacial score (nSPS) is 12.5. The van der Waals surface area contributed by atoms with E-state index in [2.05, 4.69) is 43.5 Å². The van der Waals surface area contributed by atoms with Crippen LogP contribution in [0, 0.1) is 13.8 Å². The number of methoxy groups -OCH3 is 1. The highest BCUT2D eigenvalue weighted by Crippen LogP contribution is 2.29. The van der Waals surface area contributed by atoms with E-state index in [0.29, 0.717) is 0 Å². The Morgan fingerprint density at radius 3 is 2.53 bits per heavy atom. The van der Waals surface area contributed by atoms with Crippen LogP contribution in [0.2, 0.25) is 0 Å². The Labute approximate surface area is 105 Å². The third-order valence-electron chi connectivity index (χ3n) is 3.01. The van der Waals surface area contributed by atoms with Crippen molar-refractivity contribution in [2.75, 3.05) is 27.2 Å². The summed E-state index contributed by atoms with van der Waals surface area (Å²) >= 11 is 0.